The molecule has 1 aromatic rings. The first-order valence-electron chi connectivity index (χ1n) is 3.53. The third kappa shape index (κ3) is 3.42. The van der Waals surface area contributed by atoms with Gasteiger partial charge in [-0.3, -0.25) is 0 Å². The van der Waals surface area contributed by atoms with Gasteiger partial charge in [-0.15, -0.1) is 0 Å². The maximum absolute atomic E-state index is 12.7. The van der Waals surface area contributed by atoms with Crippen molar-refractivity contribution in [3.63, 3.8) is 0 Å². The van der Waals surface area contributed by atoms with Crippen molar-refractivity contribution >= 4 is 10.1 Å². The Labute approximate surface area is 76.3 Å². The van der Waals surface area contributed by atoms with E-state index in [2.05, 4.69) is 4.18 Å². The van der Waals surface area contributed by atoms with E-state index in [-0.39, 0.29) is 5.75 Å². The summed E-state index contributed by atoms with van der Waals surface area (Å²) in [6.45, 7) is 1.65. The molecule has 0 heterocycles. The molecule has 1 aromatic carbocycles. The van der Waals surface area contributed by atoms with Crippen molar-refractivity contribution in [2.45, 2.75) is 6.92 Å². The Morgan fingerprint density at radius 2 is 1.92 bits per heavy atom. The zero-order valence-corrected chi connectivity index (χ0v) is 8.06. The maximum Gasteiger partial charge on any atom is 0.306 e. The average molecular weight is 204 g/mol. The Hall–Kier alpha value is -1.10. The summed E-state index contributed by atoms with van der Waals surface area (Å²) < 4.78 is 38.6. The summed E-state index contributed by atoms with van der Waals surface area (Å²) in [6, 6.07) is 3.76. The number of rotatable bonds is 2. The minimum Gasteiger partial charge on any atom is -0.382 e. The van der Waals surface area contributed by atoms with E-state index in [9.17, 15) is 12.8 Å². The van der Waals surface area contributed by atoms with E-state index >= 15 is 0 Å². The Morgan fingerprint density at radius 1 is 1.31 bits per heavy atom. The van der Waals surface area contributed by atoms with Gasteiger partial charge in [0, 0.05) is 6.07 Å². The van der Waals surface area contributed by atoms with E-state index in [0.717, 1.165) is 12.3 Å². The third-order valence-corrected chi connectivity index (χ3v) is 1.76. The quantitative estimate of drug-likeness (QED) is 0.685. The van der Waals surface area contributed by atoms with Crippen LogP contribution >= 0.6 is 0 Å². The molecule has 0 saturated heterocycles. The molecule has 0 amide bonds. The lowest BCUT2D eigenvalue weighted by atomic mass is 10.2. The summed E-state index contributed by atoms with van der Waals surface area (Å²) in [5.74, 6) is -0.515. The van der Waals surface area contributed by atoms with Gasteiger partial charge in [0.15, 0.2) is 0 Å². The monoisotopic (exact) mass is 204 g/mol. The van der Waals surface area contributed by atoms with Crippen LogP contribution in [0.4, 0.5) is 4.39 Å². The summed E-state index contributed by atoms with van der Waals surface area (Å²) in [7, 11) is -3.58. The van der Waals surface area contributed by atoms with Crippen molar-refractivity contribution in [3.8, 4) is 5.75 Å². The number of hydrogen-bond donors (Lipinski definition) is 0. The van der Waals surface area contributed by atoms with Gasteiger partial charge in [0.05, 0.1) is 6.26 Å². The van der Waals surface area contributed by atoms with Gasteiger partial charge in [-0.05, 0) is 24.6 Å². The highest BCUT2D eigenvalue weighted by molar-refractivity contribution is 7.86. The first-order valence-corrected chi connectivity index (χ1v) is 5.35. The van der Waals surface area contributed by atoms with Gasteiger partial charge in [-0.1, -0.05) is 0 Å². The van der Waals surface area contributed by atoms with Crippen LogP contribution in [-0.4, -0.2) is 14.7 Å². The van der Waals surface area contributed by atoms with Crippen LogP contribution in [0.1, 0.15) is 5.56 Å². The second kappa shape index (κ2) is 3.33. The highest BCUT2D eigenvalue weighted by Gasteiger charge is 2.05. The fourth-order valence-corrected chi connectivity index (χ4v) is 1.37. The standard InChI is InChI=1S/C8H9FO3S/c1-6-3-7(9)5-8(4-6)12-13(2,10)11/h3-5H,1-2H3. The van der Waals surface area contributed by atoms with Crippen LogP contribution in [0.2, 0.25) is 0 Å². The largest absolute Gasteiger partial charge is 0.382 e. The molecule has 0 N–H and O–H groups in total. The summed E-state index contributed by atoms with van der Waals surface area (Å²) in [5, 5.41) is 0. The predicted octanol–water partition coefficient (Wildman–Crippen LogP) is 1.47. The van der Waals surface area contributed by atoms with Gasteiger partial charge in [0.2, 0.25) is 0 Å². The van der Waals surface area contributed by atoms with Crippen molar-refractivity contribution in [3.05, 3.63) is 29.6 Å². The lowest BCUT2D eigenvalue weighted by Gasteiger charge is -2.03. The summed E-state index contributed by atoms with van der Waals surface area (Å²) in [5.41, 5.74) is 0.610. The van der Waals surface area contributed by atoms with Gasteiger partial charge in [0.1, 0.15) is 11.6 Å². The molecule has 3 nitrogen and oxygen atoms in total. The molecule has 0 aromatic heterocycles. The van der Waals surface area contributed by atoms with Gasteiger partial charge in [-0.25, -0.2) is 4.39 Å². The lowest BCUT2D eigenvalue weighted by Crippen LogP contribution is -2.05. The molecule has 0 radical (unpaired) electrons. The van der Waals surface area contributed by atoms with E-state index in [4.69, 9.17) is 0 Å². The molecule has 5 heteroatoms. The van der Waals surface area contributed by atoms with Crippen LogP contribution in [0.15, 0.2) is 18.2 Å². The Balaban J connectivity index is 3.03. The Kier molecular flexibility index (Phi) is 2.56. The molecule has 0 saturated carbocycles. The van der Waals surface area contributed by atoms with Crippen LogP contribution in [0.5, 0.6) is 5.75 Å². The fraction of sp³-hybridized carbons (Fsp3) is 0.250. The second-order valence-corrected chi connectivity index (χ2v) is 4.33. The third-order valence-electron chi connectivity index (χ3n) is 1.26. The molecular formula is C8H9FO3S. The predicted molar refractivity (Wildman–Crippen MR) is 46.6 cm³/mol. The molecule has 0 unspecified atom stereocenters. The van der Waals surface area contributed by atoms with Gasteiger partial charge in [0.25, 0.3) is 0 Å². The Bertz CT molecular complexity index is 391. The minimum absolute atomic E-state index is 0.000000000000000444. The first-order chi connectivity index (χ1) is 5.87. The normalized spacial score (nSPS) is 11.3. The van der Waals surface area contributed by atoms with Gasteiger partial charge in [-0.2, -0.15) is 8.42 Å². The van der Waals surface area contributed by atoms with Gasteiger partial charge < -0.3 is 4.18 Å². The topological polar surface area (TPSA) is 43.4 Å². The van der Waals surface area contributed by atoms with Crippen molar-refractivity contribution in [1.82, 2.24) is 0 Å². The number of benzene rings is 1. The highest BCUT2D eigenvalue weighted by Crippen LogP contribution is 2.16. The van der Waals surface area contributed by atoms with Crippen molar-refractivity contribution < 1.29 is 17.0 Å². The van der Waals surface area contributed by atoms with Crippen LogP contribution in [0, 0.1) is 12.7 Å². The van der Waals surface area contributed by atoms with Crippen molar-refractivity contribution in [2.24, 2.45) is 0 Å². The first kappa shape index (κ1) is 9.98. The molecule has 72 valence electrons. The fourth-order valence-electron chi connectivity index (χ4n) is 0.926. The highest BCUT2D eigenvalue weighted by atomic mass is 32.2. The molecule has 0 bridgehead atoms. The summed E-state index contributed by atoms with van der Waals surface area (Å²) in [4.78, 5) is 0. The van der Waals surface area contributed by atoms with Crippen molar-refractivity contribution in [2.75, 3.05) is 6.26 Å². The molecule has 0 aliphatic heterocycles. The van der Waals surface area contributed by atoms with Crippen molar-refractivity contribution in [1.29, 1.82) is 0 Å². The molecule has 13 heavy (non-hydrogen) atoms. The van der Waals surface area contributed by atoms with E-state index < -0.39 is 15.9 Å². The van der Waals surface area contributed by atoms with E-state index in [1.807, 2.05) is 0 Å². The molecule has 1 rings (SSSR count). The second-order valence-electron chi connectivity index (χ2n) is 2.75. The molecular weight excluding hydrogens is 195 g/mol. The van der Waals surface area contributed by atoms with E-state index in [0.29, 0.717) is 5.56 Å². The van der Waals surface area contributed by atoms with Crippen LogP contribution in [-0.2, 0) is 10.1 Å². The van der Waals surface area contributed by atoms with Gasteiger partial charge >= 0.3 is 10.1 Å². The molecule has 0 atom stereocenters. The van der Waals surface area contributed by atoms with E-state index in [1.165, 1.54) is 12.1 Å². The number of aryl methyl sites for hydroxylation is 1. The molecule has 0 aliphatic rings. The average Bonchev–Trinajstić information content (AvgIpc) is 1.78. The number of hydrogen-bond acceptors (Lipinski definition) is 3. The zero-order valence-electron chi connectivity index (χ0n) is 7.24. The Morgan fingerprint density at radius 3 is 2.38 bits per heavy atom. The lowest BCUT2D eigenvalue weighted by molar-refractivity contribution is 0.489. The van der Waals surface area contributed by atoms with Crippen LogP contribution in [0.25, 0.3) is 0 Å². The number of halogens is 1. The van der Waals surface area contributed by atoms with E-state index in [1.54, 1.807) is 6.92 Å². The molecule has 0 fully saturated rings. The van der Waals surface area contributed by atoms with Crippen LogP contribution in [0.3, 0.4) is 0 Å². The molecule has 0 spiro atoms. The smallest absolute Gasteiger partial charge is 0.306 e. The summed E-state index contributed by atoms with van der Waals surface area (Å²) in [6.07, 6.45) is 0.910. The maximum atomic E-state index is 12.7. The van der Waals surface area contributed by atoms with Crippen LogP contribution < -0.4 is 4.18 Å². The SMILES string of the molecule is Cc1cc(F)cc(OS(C)(=O)=O)c1. The molecule has 0 aliphatic carbocycles. The zero-order chi connectivity index (χ0) is 10.1. The summed E-state index contributed by atoms with van der Waals surface area (Å²) >= 11 is 0. The minimum atomic E-state index is -3.58.